The molecule has 1 aliphatic heterocycles. The largest absolute Gasteiger partial charge is 0.573 e. The Kier molecular flexibility index (Phi) is 11.5. The van der Waals surface area contributed by atoms with Crippen LogP contribution in [0.2, 0.25) is 0 Å². The van der Waals surface area contributed by atoms with Crippen LogP contribution in [0.5, 0.6) is 5.75 Å². The number of hydrogen-bond acceptors (Lipinski definition) is 7. The Hall–Kier alpha value is -4.61. The van der Waals surface area contributed by atoms with Crippen molar-refractivity contribution in [2.45, 2.75) is 52.9 Å². The Morgan fingerprint density at radius 2 is 1.93 bits per heavy atom. The Labute approximate surface area is 248 Å². The van der Waals surface area contributed by atoms with E-state index in [1.165, 1.54) is 42.7 Å². The highest BCUT2D eigenvalue weighted by molar-refractivity contribution is 6.01. The second-order valence-electron chi connectivity index (χ2n) is 9.61. The lowest BCUT2D eigenvalue weighted by molar-refractivity contribution is -0.274. The maximum atomic E-state index is 11.8. The van der Waals surface area contributed by atoms with Crippen molar-refractivity contribution >= 4 is 34.7 Å². The number of benzene rings is 2. The molecular weight excluding hydrogens is 561 g/mol. The van der Waals surface area contributed by atoms with E-state index in [9.17, 15) is 22.8 Å². The molecule has 2 aromatic carbocycles. The number of amides is 1. The summed E-state index contributed by atoms with van der Waals surface area (Å²) in [6.45, 7) is 7.97. The normalized spacial score (nSPS) is 12.0. The molecule has 0 spiro atoms. The number of carbonyl (C=O) groups is 2. The summed E-state index contributed by atoms with van der Waals surface area (Å²) in [7, 11) is 2.12. The fourth-order valence-corrected chi connectivity index (χ4v) is 4.75. The number of nitrogens with two attached hydrogens (primary N) is 1. The molecule has 0 unspecified atom stereocenters. The average molecular weight is 599 g/mol. The highest BCUT2D eigenvalue weighted by atomic mass is 19.4. The molecule has 0 bridgehead atoms. The number of nitrogens with one attached hydrogen (secondary N) is 1. The summed E-state index contributed by atoms with van der Waals surface area (Å²) >= 11 is 0. The number of fused-ring (bicyclic) bond motifs is 2. The van der Waals surface area contributed by atoms with Crippen LogP contribution in [0.25, 0.3) is 22.2 Å². The van der Waals surface area contributed by atoms with Gasteiger partial charge in [-0.15, -0.1) is 13.2 Å². The number of aryl methyl sites for hydroxylation is 1. The molecule has 0 saturated heterocycles. The van der Waals surface area contributed by atoms with Crippen LogP contribution in [-0.4, -0.2) is 53.2 Å². The van der Waals surface area contributed by atoms with Crippen LogP contribution in [0.3, 0.4) is 0 Å². The van der Waals surface area contributed by atoms with E-state index in [4.69, 9.17) is 5.73 Å². The molecule has 4 aromatic rings. The van der Waals surface area contributed by atoms with E-state index in [0.717, 1.165) is 48.1 Å². The minimum absolute atomic E-state index is 0.0114. The first-order valence-corrected chi connectivity index (χ1v) is 14.0. The van der Waals surface area contributed by atoms with Gasteiger partial charge in [0.05, 0.1) is 5.39 Å². The van der Waals surface area contributed by atoms with Gasteiger partial charge < -0.3 is 30.0 Å². The summed E-state index contributed by atoms with van der Waals surface area (Å²) in [4.78, 5) is 32.1. The molecule has 3 N–H and O–H groups in total. The van der Waals surface area contributed by atoms with Crippen molar-refractivity contribution in [1.29, 1.82) is 0 Å². The van der Waals surface area contributed by atoms with Gasteiger partial charge in [0, 0.05) is 57.5 Å². The zero-order valence-corrected chi connectivity index (χ0v) is 24.7. The Morgan fingerprint density at radius 3 is 2.63 bits per heavy atom. The molecule has 3 heterocycles. The number of aromatic nitrogens is 3. The third kappa shape index (κ3) is 8.94. The number of nitrogen functional groups attached to an aromatic ring is 1. The van der Waals surface area contributed by atoms with Gasteiger partial charge in [-0.3, -0.25) is 4.79 Å². The second kappa shape index (κ2) is 15.0. The summed E-state index contributed by atoms with van der Waals surface area (Å²) in [5.41, 5.74) is 12.4. The molecule has 0 atom stereocenters. The van der Waals surface area contributed by atoms with Crippen LogP contribution < -0.4 is 20.7 Å². The number of hydrogen-bond donors (Lipinski definition) is 2. The van der Waals surface area contributed by atoms with Gasteiger partial charge in [0.15, 0.2) is 0 Å². The molecule has 1 aliphatic rings. The molecule has 9 nitrogen and oxygen atoms in total. The second-order valence-corrected chi connectivity index (χ2v) is 9.61. The smallest absolute Gasteiger partial charge is 0.406 e. The first kappa shape index (κ1) is 32.9. The minimum Gasteiger partial charge on any atom is -0.406 e. The van der Waals surface area contributed by atoms with E-state index in [0.29, 0.717) is 24.2 Å². The summed E-state index contributed by atoms with van der Waals surface area (Å²) in [6.07, 6.45) is 1.48. The maximum absolute atomic E-state index is 11.8. The van der Waals surface area contributed by atoms with E-state index in [1.807, 2.05) is 13.8 Å². The highest BCUT2D eigenvalue weighted by Crippen LogP contribution is 2.36. The summed E-state index contributed by atoms with van der Waals surface area (Å²) in [5, 5.41) is 3.72. The third-order valence-corrected chi connectivity index (χ3v) is 6.60. The van der Waals surface area contributed by atoms with Crippen LogP contribution >= 0.6 is 0 Å². The number of likely N-dealkylation sites (N-methyl/N-ethyl adjacent to an activating group) is 1. The van der Waals surface area contributed by atoms with Crippen molar-refractivity contribution in [3.8, 4) is 16.9 Å². The van der Waals surface area contributed by atoms with Gasteiger partial charge in [-0.25, -0.2) is 9.97 Å². The van der Waals surface area contributed by atoms with Crippen LogP contribution in [0.15, 0.2) is 55.0 Å². The van der Waals surface area contributed by atoms with Crippen LogP contribution in [-0.2, 0) is 29.0 Å². The topological polar surface area (TPSA) is 115 Å². The zero-order chi connectivity index (χ0) is 31.6. The highest BCUT2D eigenvalue weighted by Gasteiger charge is 2.31. The number of halogens is 3. The van der Waals surface area contributed by atoms with Crippen LogP contribution in [0, 0.1) is 0 Å². The molecule has 5 rings (SSSR count). The standard InChI is InChI=1S/C20H24N6O.C9H7F3O2.C2H6/c1-13(27)22-7-3-8-26-11-16(18-19(21)23-12-24-20(18)26)14-4-5-17-15(10-14)6-9-25(17)2;10-9(11,12)14-8-3-1-2-7(6-8)4-5-13;1-2/h4-5,10-12H,3,6-9H2,1-2H3,(H,22,27)(H2,21,23,24);1-3,5-6H,4H2;1-2H3. The van der Waals surface area contributed by atoms with Gasteiger partial charge in [0.2, 0.25) is 5.91 Å². The predicted molar refractivity (Wildman–Crippen MR) is 162 cm³/mol. The zero-order valence-electron chi connectivity index (χ0n) is 24.7. The molecule has 12 heteroatoms. The number of carbonyl (C=O) groups excluding carboxylic acids is 2. The monoisotopic (exact) mass is 598 g/mol. The van der Waals surface area contributed by atoms with Gasteiger partial charge >= 0.3 is 6.36 Å². The number of anilines is 2. The lowest BCUT2D eigenvalue weighted by Crippen LogP contribution is -2.21. The predicted octanol–water partition coefficient (Wildman–Crippen LogP) is 5.55. The number of aldehydes is 1. The van der Waals surface area contributed by atoms with Crippen molar-refractivity contribution in [2.24, 2.45) is 0 Å². The van der Waals surface area contributed by atoms with Crippen molar-refractivity contribution < 1.29 is 27.5 Å². The fraction of sp³-hybridized carbons (Fsp3) is 0.355. The van der Waals surface area contributed by atoms with E-state index in [1.54, 1.807) is 6.07 Å². The first-order valence-electron chi connectivity index (χ1n) is 14.0. The lowest BCUT2D eigenvalue weighted by atomic mass is 10.0. The van der Waals surface area contributed by atoms with Gasteiger partial charge in [0.1, 0.15) is 29.8 Å². The molecule has 2 aromatic heterocycles. The van der Waals surface area contributed by atoms with E-state index in [2.05, 4.69) is 60.9 Å². The van der Waals surface area contributed by atoms with E-state index < -0.39 is 6.36 Å². The maximum Gasteiger partial charge on any atom is 0.573 e. The van der Waals surface area contributed by atoms with Gasteiger partial charge in [-0.05, 0) is 53.8 Å². The SMILES string of the molecule is CC.CC(=O)NCCCn1cc(-c2ccc3c(c2)CCN3C)c2c(N)ncnc21.O=CCc1cccc(OC(F)(F)F)c1. The summed E-state index contributed by atoms with van der Waals surface area (Å²) < 4.78 is 41.1. The Bertz CT molecular complexity index is 1540. The molecule has 1 amide bonds. The van der Waals surface area contributed by atoms with Crippen molar-refractivity contribution in [3.63, 3.8) is 0 Å². The number of rotatable bonds is 8. The van der Waals surface area contributed by atoms with Crippen LogP contribution in [0.1, 0.15) is 38.3 Å². The van der Waals surface area contributed by atoms with Gasteiger partial charge in [-0.2, -0.15) is 0 Å². The van der Waals surface area contributed by atoms with Gasteiger partial charge in [0.25, 0.3) is 0 Å². The lowest BCUT2D eigenvalue weighted by Gasteiger charge is -2.12. The number of nitrogens with zero attached hydrogens (tertiary/aromatic N) is 4. The number of ether oxygens (including phenoxy) is 1. The molecule has 0 saturated carbocycles. The average Bonchev–Trinajstić information content (AvgIpc) is 3.53. The molecule has 0 fully saturated rings. The van der Waals surface area contributed by atoms with Crippen LogP contribution in [0.4, 0.5) is 24.7 Å². The third-order valence-electron chi connectivity index (χ3n) is 6.60. The van der Waals surface area contributed by atoms with Gasteiger partial charge in [-0.1, -0.05) is 32.0 Å². The molecule has 0 aliphatic carbocycles. The summed E-state index contributed by atoms with van der Waals surface area (Å²) in [6, 6.07) is 11.9. The molecular formula is C31H37F3N6O3. The summed E-state index contributed by atoms with van der Waals surface area (Å²) in [5.74, 6) is 0.174. The fourth-order valence-electron chi connectivity index (χ4n) is 4.75. The number of alkyl halides is 3. The Balaban J connectivity index is 0.000000268. The van der Waals surface area contributed by atoms with Crippen molar-refractivity contribution in [2.75, 3.05) is 30.8 Å². The Morgan fingerprint density at radius 1 is 1.16 bits per heavy atom. The molecule has 0 radical (unpaired) electrons. The van der Waals surface area contributed by atoms with E-state index in [-0.39, 0.29) is 18.1 Å². The molecule has 230 valence electrons. The van der Waals surface area contributed by atoms with Crippen molar-refractivity contribution in [3.05, 3.63) is 66.1 Å². The first-order chi connectivity index (χ1) is 20.6. The molecule has 43 heavy (non-hydrogen) atoms. The quantitative estimate of drug-likeness (QED) is 0.202. The minimum atomic E-state index is -4.69. The van der Waals surface area contributed by atoms with Crippen molar-refractivity contribution in [1.82, 2.24) is 19.9 Å². The van der Waals surface area contributed by atoms with E-state index >= 15 is 0 Å².